The maximum Gasteiger partial charge on any atom is 0.258 e. The van der Waals surface area contributed by atoms with Crippen molar-refractivity contribution in [3.63, 3.8) is 0 Å². The van der Waals surface area contributed by atoms with Crippen LogP contribution in [0.3, 0.4) is 0 Å². The molecule has 0 aromatic heterocycles. The highest BCUT2D eigenvalue weighted by atomic mass is 19.1. The number of hydrogen-bond acceptors (Lipinski definition) is 3. The Morgan fingerprint density at radius 3 is 2.55 bits per heavy atom. The molecule has 112 valence electrons. The molecule has 2 N–H and O–H groups in total. The maximum absolute atomic E-state index is 13.6. The molecule has 0 saturated heterocycles. The summed E-state index contributed by atoms with van der Waals surface area (Å²) in [6.07, 6.45) is 0.849. The lowest BCUT2D eigenvalue weighted by molar-refractivity contribution is -0.123. The summed E-state index contributed by atoms with van der Waals surface area (Å²) in [7, 11) is 0. The second-order valence-corrected chi connectivity index (χ2v) is 4.73. The lowest BCUT2D eigenvalue weighted by Crippen LogP contribution is -2.37. The zero-order valence-corrected chi connectivity index (χ0v) is 12.1. The molecule has 1 unspecified atom stereocenters. The first kappa shape index (κ1) is 16.4. The van der Waals surface area contributed by atoms with Gasteiger partial charge in [-0.25, -0.2) is 4.39 Å². The lowest BCUT2D eigenvalue weighted by Gasteiger charge is -2.15. The molecule has 4 nitrogen and oxygen atoms in total. The van der Waals surface area contributed by atoms with Gasteiger partial charge >= 0.3 is 0 Å². The lowest BCUT2D eigenvalue weighted by atomic mass is 10.1. The molecule has 0 heterocycles. The van der Waals surface area contributed by atoms with Crippen molar-refractivity contribution in [2.45, 2.75) is 45.8 Å². The van der Waals surface area contributed by atoms with E-state index in [1.807, 2.05) is 13.8 Å². The van der Waals surface area contributed by atoms with Gasteiger partial charge in [0.2, 0.25) is 0 Å². The van der Waals surface area contributed by atoms with Crippen molar-refractivity contribution in [2.24, 2.45) is 0 Å². The third-order valence-electron chi connectivity index (χ3n) is 3.14. The number of halogens is 1. The minimum Gasteiger partial charge on any atom is -0.484 e. The monoisotopic (exact) mass is 283 g/mol. The first-order valence-electron chi connectivity index (χ1n) is 6.87. The van der Waals surface area contributed by atoms with E-state index in [1.54, 1.807) is 0 Å². The van der Waals surface area contributed by atoms with Crippen LogP contribution in [0.4, 0.5) is 4.39 Å². The number of hydrogen-bond donors (Lipinski definition) is 2. The van der Waals surface area contributed by atoms with Gasteiger partial charge in [0.05, 0.1) is 6.10 Å². The van der Waals surface area contributed by atoms with Gasteiger partial charge < -0.3 is 15.2 Å². The van der Waals surface area contributed by atoms with Gasteiger partial charge in [0.1, 0.15) is 11.6 Å². The summed E-state index contributed by atoms with van der Waals surface area (Å²) in [5.74, 6) is -0.497. The number of benzene rings is 1. The zero-order valence-electron chi connectivity index (χ0n) is 12.1. The van der Waals surface area contributed by atoms with Crippen molar-refractivity contribution >= 4 is 5.91 Å². The average Bonchev–Trinajstić information content (AvgIpc) is 2.42. The molecule has 0 fully saturated rings. The Hall–Kier alpha value is -1.62. The summed E-state index contributed by atoms with van der Waals surface area (Å²) < 4.78 is 18.8. The van der Waals surface area contributed by atoms with Gasteiger partial charge in [0.15, 0.2) is 6.61 Å². The van der Waals surface area contributed by atoms with Crippen molar-refractivity contribution in [2.75, 3.05) is 6.61 Å². The predicted octanol–water partition coefficient (Wildman–Crippen LogP) is 2.56. The van der Waals surface area contributed by atoms with Gasteiger partial charge in [-0.3, -0.25) is 4.79 Å². The third-order valence-corrected chi connectivity index (χ3v) is 3.14. The van der Waals surface area contributed by atoms with E-state index in [-0.39, 0.29) is 29.9 Å². The normalized spacial score (nSPS) is 12.3. The van der Waals surface area contributed by atoms with Gasteiger partial charge in [-0.05, 0) is 31.9 Å². The fraction of sp³-hybridized carbons (Fsp3) is 0.533. The fourth-order valence-corrected chi connectivity index (χ4v) is 1.85. The Morgan fingerprint density at radius 1 is 1.40 bits per heavy atom. The maximum atomic E-state index is 13.6. The molecule has 1 amide bonds. The predicted molar refractivity (Wildman–Crippen MR) is 75.0 cm³/mol. The summed E-state index contributed by atoms with van der Waals surface area (Å²) in [6.45, 7) is 5.34. The van der Waals surface area contributed by atoms with Gasteiger partial charge in [-0.1, -0.05) is 13.8 Å². The molecule has 0 spiro atoms. The Kier molecular flexibility index (Phi) is 6.45. The smallest absolute Gasteiger partial charge is 0.258 e. The standard InChI is InChI=1S/C15H22FNO3/c1-4-11(5-2)17-15(19)9-20-12-6-7-13(10(3)18)14(16)8-12/h6-8,10-11,18H,4-5,9H2,1-3H3,(H,17,19). The van der Waals surface area contributed by atoms with Gasteiger partial charge in [-0.15, -0.1) is 0 Å². The van der Waals surface area contributed by atoms with Crippen molar-refractivity contribution in [3.05, 3.63) is 29.6 Å². The summed E-state index contributed by atoms with van der Waals surface area (Å²) in [4.78, 5) is 11.6. The van der Waals surface area contributed by atoms with E-state index in [0.29, 0.717) is 0 Å². The number of carbonyl (C=O) groups excluding carboxylic acids is 1. The van der Waals surface area contributed by atoms with Crippen LogP contribution in [0.1, 0.15) is 45.3 Å². The van der Waals surface area contributed by atoms with Crippen LogP contribution in [0, 0.1) is 5.82 Å². The zero-order chi connectivity index (χ0) is 15.1. The molecule has 0 aliphatic carbocycles. The van der Waals surface area contributed by atoms with Gasteiger partial charge in [-0.2, -0.15) is 0 Å². The summed E-state index contributed by atoms with van der Waals surface area (Å²) in [6, 6.07) is 4.30. The summed E-state index contributed by atoms with van der Waals surface area (Å²) in [5.41, 5.74) is 0.207. The quantitative estimate of drug-likeness (QED) is 0.808. The van der Waals surface area contributed by atoms with Gasteiger partial charge in [0.25, 0.3) is 5.91 Å². The van der Waals surface area contributed by atoms with E-state index in [4.69, 9.17) is 4.74 Å². The molecule has 1 aromatic carbocycles. The van der Waals surface area contributed by atoms with Gasteiger partial charge in [0, 0.05) is 17.7 Å². The Bertz CT molecular complexity index is 445. The van der Waals surface area contributed by atoms with Crippen molar-refractivity contribution in [3.8, 4) is 5.75 Å². The Balaban J connectivity index is 2.53. The second kappa shape index (κ2) is 7.85. The number of nitrogens with one attached hydrogen (secondary N) is 1. The molecule has 0 aliphatic heterocycles. The van der Waals surface area contributed by atoms with E-state index >= 15 is 0 Å². The first-order valence-corrected chi connectivity index (χ1v) is 6.87. The van der Waals surface area contributed by atoms with Crippen molar-refractivity contribution < 1.29 is 19.0 Å². The molecule has 0 bridgehead atoms. The average molecular weight is 283 g/mol. The largest absolute Gasteiger partial charge is 0.484 e. The van der Waals surface area contributed by atoms with Crippen LogP contribution >= 0.6 is 0 Å². The number of ether oxygens (including phenoxy) is 1. The van der Waals surface area contributed by atoms with E-state index in [0.717, 1.165) is 12.8 Å². The number of aliphatic hydroxyl groups excluding tert-OH is 1. The summed E-state index contributed by atoms with van der Waals surface area (Å²) in [5, 5.41) is 12.2. The molecule has 0 aliphatic rings. The fourth-order valence-electron chi connectivity index (χ4n) is 1.85. The Morgan fingerprint density at radius 2 is 2.05 bits per heavy atom. The van der Waals surface area contributed by atoms with E-state index in [2.05, 4.69) is 5.32 Å². The van der Waals surface area contributed by atoms with Crippen LogP contribution in [0.5, 0.6) is 5.75 Å². The Labute approximate surface area is 119 Å². The molecular formula is C15H22FNO3. The first-order chi connectivity index (χ1) is 9.47. The SMILES string of the molecule is CCC(CC)NC(=O)COc1ccc(C(C)O)c(F)c1. The molecular weight excluding hydrogens is 261 g/mol. The van der Waals surface area contributed by atoms with Crippen LogP contribution in [0.2, 0.25) is 0 Å². The highest BCUT2D eigenvalue weighted by Crippen LogP contribution is 2.21. The molecule has 1 aromatic rings. The van der Waals surface area contributed by atoms with Crippen LogP contribution in [-0.4, -0.2) is 23.7 Å². The number of carbonyl (C=O) groups is 1. The van der Waals surface area contributed by atoms with Crippen molar-refractivity contribution in [1.82, 2.24) is 5.32 Å². The minimum atomic E-state index is -0.873. The van der Waals surface area contributed by atoms with Crippen molar-refractivity contribution in [1.29, 1.82) is 0 Å². The number of rotatable bonds is 7. The van der Waals surface area contributed by atoms with E-state index in [9.17, 15) is 14.3 Å². The van der Waals surface area contributed by atoms with Crippen LogP contribution in [0.15, 0.2) is 18.2 Å². The van der Waals surface area contributed by atoms with E-state index < -0.39 is 11.9 Å². The van der Waals surface area contributed by atoms with E-state index in [1.165, 1.54) is 25.1 Å². The van der Waals surface area contributed by atoms with Crippen LogP contribution in [0.25, 0.3) is 0 Å². The minimum absolute atomic E-state index is 0.139. The van der Waals surface area contributed by atoms with Crippen LogP contribution < -0.4 is 10.1 Å². The third kappa shape index (κ3) is 4.81. The number of aliphatic hydroxyl groups is 1. The second-order valence-electron chi connectivity index (χ2n) is 4.73. The van der Waals surface area contributed by atoms with Crippen LogP contribution in [-0.2, 0) is 4.79 Å². The molecule has 5 heteroatoms. The summed E-state index contributed by atoms with van der Waals surface area (Å²) >= 11 is 0. The molecule has 1 rings (SSSR count). The highest BCUT2D eigenvalue weighted by Gasteiger charge is 2.11. The topological polar surface area (TPSA) is 58.6 Å². The highest BCUT2D eigenvalue weighted by molar-refractivity contribution is 5.77. The molecule has 1 atom stereocenters. The molecule has 20 heavy (non-hydrogen) atoms. The molecule has 0 saturated carbocycles. The molecule has 0 radical (unpaired) electrons. The number of amides is 1.